The van der Waals surface area contributed by atoms with Gasteiger partial charge in [0, 0.05) is 62.3 Å². The Hall–Kier alpha value is -2.74. The van der Waals surface area contributed by atoms with E-state index in [-0.39, 0.29) is 24.1 Å². The molecule has 2 aliphatic heterocycles. The Bertz CT molecular complexity index is 1100. The van der Waals surface area contributed by atoms with Crippen molar-refractivity contribution in [3.05, 3.63) is 30.0 Å². The first-order valence-corrected chi connectivity index (χ1v) is 13.8. The number of ether oxygens (including phenoxy) is 2. The third-order valence-electron chi connectivity index (χ3n) is 7.27. The zero-order valence-corrected chi connectivity index (χ0v) is 23.6. The minimum atomic E-state index is -0.532. The number of fused-ring (bicyclic) bond motifs is 1. The van der Waals surface area contributed by atoms with Crippen LogP contribution in [0.2, 0.25) is 0 Å². The number of hydrogen-bond acceptors (Lipinski definition) is 5. The Morgan fingerprint density at radius 2 is 1.49 bits per heavy atom. The maximum Gasteiger partial charge on any atom is 0.410 e. The Kier molecular flexibility index (Phi) is 8.07. The molecule has 0 unspecified atom stereocenters. The highest BCUT2D eigenvalue weighted by molar-refractivity contribution is 5.99. The third-order valence-corrected chi connectivity index (χ3v) is 7.27. The predicted molar refractivity (Wildman–Crippen MR) is 146 cm³/mol. The topological polar surface area (TPSA) is 67.2 Å². The summed E-state index contributed by atoms with van der Waals surface area (Å²) in [5.41, 5.74) is 1.18. The van der Waals surface area contributed by atoms with Crippen LogP contribution in [0.1, 0.15) is 77.8 Å². The molecule has 0 aliphatic carbocycles. The van der Waals surface area contributed by atoms with E-state index in [1.165, 1.54) is 0 Å². The highest BCUT2D eigenvalue weighted by atomic mass is 16.6. The fourth-order valence-electron chi connectivity index (χ4n) is 5.29. The smallest absolute Gasteiger partial charge is 0.410 e. The van der Waals surface area contributed by atoms with Gasteiger partial charge in [0.2, 0.25) is 0 Å². The summed E-state index contributed by atoms with van der Waals surface area (Å²) in [4.78, 5) is 32.1. The summed E-state index contributed by atoms with van der Waals surface area (Å²) in [6, 6.07) is 8.87. The SMILES string of the molecule is CC(C)N1CCC(Oc2ccc3c(c2)cc(C(=O)N2CCN(C(=O)OC(C)(C)C)CC2)n3C(C)C)CC1. The molecule has 2 amide bonds. The van der Waals surface area contributed by atoms with Gasteiger partial charge in [-0.05, 0) is 85.6 Å². The molecule has 2 aromatic rings. The average molecular weight is 513 g/mol. The van der Waals surface area contributed by atoms with Crippen LogP contribution < -0.4 is 4.74 Å². The number of amides is 2. The Morgan fingerprint density at radius 1 is 0.865 bits per heavy atom. The van der Waals surface area contributed by atoms with Crippen molar-refractivity contribution in [1.82, 2.24) is 19.3 Å². The molecule has 0 radical (unpaired) electrons. The minimum Gasteiger partial charge on any atom is -0.490 e. The Balaban J connectivity index is 1.46. The van der Waals surface area contributed by atoms with Crippen molar-refractivity contribution >= 4 is 22.9 Å². The maximum atomic E-state index is 13.6. The fourth-order valence-corrected chi connectivity index (χ4v) is 5.29. The van der Waals surface area contributed by atoms with Crippen molar-refractivity contribution in [1.29, 1.82) is 0 Å². The predicted octanol–water partition coefficient (Wildman–Crippen LogP) is 5.17. The van der Waals surface area contributed by atoms with Gasteiger partial charge in [0.1, 0.15) is 23.1 Å². The first kappa shape index (κ1) is 27.3. The highest BCUT2D eigenvalue weighted by Crippen LogP contribution is 2.30. The molecule has 2 saturated heterocycles. The molecular weight excluding hydrogens is 468 g/mol. The van der Waals surface area contributed by atoms with Gasteiger partial charge in [0.25, 0.3) is 5.91 Å². The van der Waals surface area contributed by atoms with Crippen LogP contribution in [0.5, 0.6) is 5.75 Å². The molecule has 0 bridgehead atoms. The second kappa shape index (κ2) is 10.9. The van der Waals surface area contributed by atoms with Gasteiger partial charge in [-0.3, -0.25) is 4.79 Å². The van der Waals surface area contributed by atoms with Gasteiger partial charge in [-0.2, -0.15) is 0 Å². The lowest BCUT2D eigenvalue weighted by molar-refractivity contribution is 0.0139. The van der Waals surface area contributed by atoms with Crippen LogP contribution in [0.25, 0.3) is 10.9 Å². The molecule has 1 aromatic carbocycles. The number of piperazine rings is 1. The molecule has 2 aliphatic rings. The Labute approximate surface area is 221 Å². The van der Waals surface area contributed by atoms with Crippen LogP contribution in [-0.4, -0.2) is 88.3 Å². The molecule has 37 heavy (non-hydrogen) atoms. The standard InChI is InChI=1S/C29H44N4O4/c1-20(2)30-12-10-23(11-13-30)36-24-8-9-25-22(18-24)19-26(33(25)21(3)4)27(34)31-14-16-32(17-15-31)28(35)37-29(5,6)7/h8-9,18-21,23H,10-17H2,1-7H3. The zero-order chi connectivity index (χ0) is 26.9. The molecule has 1 aromatic heterocycles. The van der Waals surface area contributed by atoms with E-state index in [0.29, 0.717) is 37.9 Å². The lowest BCUT2D eigenvalue weighted by Gasteiger charge is -2.35. The molecular formula is C29H44N4O4. The van der Waals surface area contributed by atoms with Crippen LogP contribution in [0, 0.1) is 0 Å². The van der Waals surface area contributed by atoms with Gasteiger partial charge >= 0.3 is 6.09 Å². The summed E-state index contributed by atoms with van der Waals surface area (Å²) in [5, 5.41) is 1.02. The molecule has 204 valence electrons. The van der Waals surface area contributed by atoms with Crippen molar-refractivity contribution < 1.29 is 19.1 Å². The second-order valence-electron chi connectivity index (χ2n) is 11.9. The van der Waals surface area contributed by atoms with E-state index in [1.54, 1.807) is 4.90 Å². The summed E-state index contributed by atoms with van der Waals surface area (Å²) in [6.07, 6.45) is 1.96. The number of piperidine rings is 1. The fraction of sp³-hybridized carbons (Fsp3) is 0.655. The first-order valence-electron chi connectivity index (χ1n) is 13.8. The molecule has 2 fully saturated rings. The van der Waals surface area contributed by atoms with Crippen molar-refractivity contribution in [3.63, 3.8) is 0 Å². The van der Waals surface area contributed by atoms with Crippen molar-refractivity contribution in [2.75, 3.05) is 39.3 Å². The molecule has 0 spiro atoms. The van der Waals surface area contributed by atoms with E-state index in [9.17, 15) is 9.59 Å². The maximum absolute atomic E-state index is 13.6. The first-order chi connectivity index (χ1) is 17.4. The lowest BCUT2D eigenvalue weighted by Crippen LogP contribution is -2.51. The number of benzene rings is 1. The van der Waals surface area contributed by atoms with Gasteiger partial charge in [0.15, 0.2) is 0 Å². The van der Waals surface area contributed by atoms with Crippen molar-refractivity contribution in [2.24, 2.45) is 0 Å². The molecule has 8 nitrogen and oxygen atoms in total. The summed E-state index contributed by atoms with van der Waals surface area (Å²) >= 11 is 0. The molecule has 8 heteroatoms. The summed E-state index contributed by atoms with van der Waals surface area (Å²) in [7, 11) is 0. The van der Waals surface area contributed by atoms with E-state index >= 15 is 0 Å². The quantitative estimate of drug-likeness (QED) is 0.553. The van der Waals surface area contributed by atoms with Crippen molar-refractivity contribution in [3.8, 4) is 5.75 Å². The second-order valence-corrected chi connectivity index (χ2v) is 11.9. The van der Waals surface area contributed by atoms with E-state index in [0.717, 1.165) is 42.6 Å². The number of aromatic nitrogens is 1. The largest absolute Gasteiger partial charge is 0.490 e. The lowest BCUT2D eigenvalue weighted by atomic mass is 10.1. The van der Waals surface area contributed by atoms with Crippen LogP contribution in [0.4, 0.5) is 4.79 Å². The van der Waals surface area contributed by atoms with E-state index in [1.807, 2.05) is 37.8 Å². The van der Waals surface area contributed by atoms with E-state index in [4.69, 9.17) is 9.47 Å². The number of likely N-dealkylation sites (tertiary alicyclic amines) is 1. The van der Waals surface area contributed by atoms with Crippen LogP contribution in [-0.2, 0) is 4.74 Å². The van der Waals surface area contributed by atoms with Crippen molar-refractivity contribution in [2.45, 2.75) is 85.1 Å². The molecule has 0 atom stereocenters. The third kappa shape index (κ3) is 6.40. The van der Waals surface area contributed by atoms with Gasteiger partial charge < -0.3 is 28.7 Å². The summed E-state index contributed by atoms with van der Waals surface area (Å²) in [5.74, 6) is 0.860. The Morgan fingerprint density at radius 3 is 2.05 bits per heavy atom. The average Bonchev–Trinajstić information content (AvgIpc) is 3.22. The van der Waals surface area contributed by atoms with Crippen LogP contribution in [0.3, 0.4) is 0 Å². The van der Waals surface area contributed by atoms with Gasteiger partial charge in [0.05, 0.1) is 0 Å². The van der Waals surface area contributed by atoms with E-state index < -0.39 is 5.60 Å². The van der Waals surface area contributed by atoms with E-state index in [2.05, 4.69) is 49.3 Å². The summed E-state index contributed by atoms with van der Waals surface area (Å²) < 4.78 is 14.0. The van der Waals surface area contributed by atoms with Gasteiger partial charge in [-0.25, -0.2) is 4.79 Å². The number of rotatable bonds is 5. The number of carbonyl (C=O) groups excluding carboxylic acids is 2. The number of nitrogens with zero attached hydrogens (tertiary/aromatic N) is 4. The monoisotopic (exact) mass is 512 g/mol. The van der Waals surface area contributed by atoms with Crippen LogP contribution >= 0.6 is 0 Å². The molecule has 4 rings (SSSR count). The number of carbonyl (C=O) groups is 2. The minimum absolute atomic E-state index is 0.00253. The molecule has 0 saturated carbocycles. The molecule has 0 N–H and O–H groups in total. The number of hydrogen-bond donors (Lipinski definition) is 0. The van der Waals surface area contributed by atoms with Gasteiger partial charge in [-0.15, -0.1) is 0 Å². The van der Waals surface area contributed by atoms with Gasteiger partial charge in [-0.1, -0.05) is 0 Å². The normalized spacial score (nSPS) is 18.2. The molecule has 3 heterocycles. The summed E-state index contributed by atoms with van der Waals surface area (Å²) in [6.45, 7) is 18.3. The zero-order valence-electron chi connectivity index (χ0n) is 23.6. The van der Waals surface area contributed by atoms with Crippen LogP contribution in [0.15, 0.2) is 24.3 Å². The highest BCUT2D eigenvalue weighted by Gasteiger charge is 2.30.